The molecule has 0 aromatic carbocycles. The summed E-state index contributed by atoms with van der Waals surface area (Å²) >= 11 is 0. The molecule has 0 N–H and O–H groups in total. The molecule has 1 aliphatic carbocycles. The molecule has 0 radical (unpaired) electrons. The molecule has 0 aliphatic heterocycles. The van der Waals surface area contributed by atoms with Gasteiger partial charge in [0.25, 0.3) is 0 Å². The van der Waals surface area contributed by atoms with Gasteiger partial charge in [-0.2, -0.15) is 15.8 Å². The lowest BCUT2D eigenvalue weighted by molar-refractivity contribution is 1.45. The molecule has 0 fully saturated rings. The Balaban J connectivity index is 3.40. The Kier molecular flexibility index (Phi) is 8.63. The van der Waals surface area contributed by atoms with Crippen molar-refractivity contribution in [3.8, 4) is 41.9 Å². The van der Waals surface area contributed by atoms with Gasteiger partial charge in [0, 0.05) is 0 Å². The van der Waals surface area contributed by atoms with Gasteiger partial charge in [-0.25, -0.2) is 0 Å². The van der Waals surface area contributed by atoms with Crippen molar-refractivity contribution < 1.29 is 0 Å². The van der Waals surface area contributed by atoms with Crippen molar-refractivity contribution in [2.75, 3.05) is 0 Å². The quantitative estimate of drug-likeness (QED) is 0.428. The molecule has 122 valence electrons. The summed E-state index contributed by atoms with van der Waals surface area (Å²) < 4.78 is 0. The maximum Gasteiger partial charge on any atom is 0.129 e. The van der Waals surface area contributed by atoms with Gasteiger partial charge in [-0.3, -0.25) is 0 Å². The summed E-state index contributed by atoms with van der Waals surface area (Å²) in [6.45, 7) is 3.75. The van der Waals surface area contributed by atoms with Crippen molar-refractivity contribution in [3.05, 3.63) is 82.5 Å². The van der Waals surface area contributed by atoms with Crippen molar-refractivity contribution in [2.45, 2.75) is 13.8 Å². The molecule has 0 spiro atoms. The van der Waals surface area contributed by atoms with E-state index < -0.39 is 0 Å². The van der Waals surface area contributed by atoms with E-state index in [-0.39, 0.29) is 5.57 Å². The zero-order chi connectivity index (χ0) is 19.2. The van der Waals surface area contributed by atoms with Crippen LogP contribution < -0.4 is 0 Å². The fourth-order valence-electron chi connectivity index (χ4n) is 1.71. The smallest absolute Gasteiger partial charge is 0.129 e. The second-order valence-electron chi connectivity index (χ2n) is 5.06. The lowest BCUT2D eigenvalue weighted by atomic mass is 10.1. The third kappa shape index (κ3) is 7.36. The second kappa shape index (κ2) is 11.3. The SMILES string of the molecule is C/C1=C/C=C/C(=C(C#N)/C=C/C=C(C#N)C#N)/C=C/C=C(\C)C#CC#C1. The average Bonchev–Trinajstić information content (AvgIpc) is 2.65. The van der Waals surface area contributed by atoms with E-state index in [1.54, 1.807) is 30.4 Å². The summed E-state index contributed by atoms with van der Waals surface area (Å²) in [4.78, 5) is 0. The molecule has 1 aliphatic rings. The van der Waals surface area contributed by atoms with Crippen molar-refractivity contribution in [2.24, 2.45) is 0 Å². The Morgan fingerprint density at radius 1 is 0.885 bits per heavy atom. The van der Waals surface area contributed by atoms with Crippen LogP contribution >= 0.6 is 0 Å². The molecular weight excluding hydrogens is 318 g/mol. The van der Waals surface area contributed by atoms with Gasteiger partial charge in [-0.05, 0) is 54.6 Å². The first-order valence-electron chi connectivity index (χ1n) is 7.65. The monoisotopic (exact) mass is 333 g/mol. The Morgan fingerprint density at radius 3 is 1.88 bits per heavy atom. The Morgan fingerprint density at radius 2 is 1.42 bits per heavy atom. The van der Waals surface area contributed by atoms with Crippen LogP contribution in [-0.2, 0) is 0 Å². The highest BCUT2D eigenvalue weighted by atomic mass is 14.3. The number of rotatable bonds is 2. The molecule has 0 amide bonds. The highest BCUT2D eigenvalue weighted by molar-refractivity contribution is 5.52. The van der Waals surface area contributed by atoms with Gasteiger partial charge in [0.1, 0.15) is 17.7 Å². The van der Waals surface area contributed by atoms with E-state index in [1.165, 1.54) is 12.2 Å². The van der Waals surface area contributed by atoms with E-state index >= 15 is 0 Å². The molecule has 3 heteroatoms. The largest absolute Gasteiger partial charge is 0.192 e. The molecule has 0 saturated heterocycles. The van der Waals surface area contributed by atoms with Crippen LogP contribution in [0.15, 0.2) is 82.5 Å². The Bertz CT molecular complexity index is 960. The minimum atomic E-state index is -0.0289. The van der Waals surface area contributed by atoms with E-state index in [9.17, 15) is 5.26 Å². The standard InChI is InChI=1S/C23H15N3/c1-19-8-3-4-9-20(2)11-6-14-22(13-5-10-19)23(18-26)15-7-12-21(16-24)17-25/h5-7,10-15H,1-2H3/b13-5+,14-6+,15-7+,19-10-,20-11+,23-22+. The lowest BCUT2D eigenvalue weighted by Gasteiger charge is -1.96. The molecule has 0 aromatic rings. The van der Waals surface area contributed by atoms with Gasteiger partial charge >= 0.3 is 0 Å². The fourth-order valence-corrected chi connectivity index (χ4v) is 1.71. The zero-order valence-corrected chi connectivity index (χ0v) is 14.5. The van der Waals surface area contributed by atoms with Gasteiger partial charge < -0.3 is 0 Å². The van der Waals surface area contributed by atoms with Crippen molar-refractivity contribution in [1.29, 1.82) is 15.8 Å². The number of hydrogen-bond donors (Lipinski definition) is 0. The lowest BCUT2D eigenvalue weighted by Crippen LogP contribution is -1.81. The van der Waals surface area contributed by atoms with E-state index in [4.69, 9.17) is 10.5 Å². The summed E-state index contributed by atoms with van der Waals surface area (Å²) in [7, 11) is 0. The van der Waals surface area contributed by atoms with Gasteiger partial charge in [0.15, 0.2) is 0 Å². The molecule has 0 bridgehead atoms. The van der Waals surface area contributed by atoms with E-state index in [1.807, 2.05) is 38.2 Å². The minimum Gasteiger partial charge on any atom is -0.192 e. The molecule has 0 heterocycles. The predicted molar refractivity (Wildman–Crippen MR) is 102 cm³/mol. The van der Waals surface area contributed by atoms with Crippen LogP contribution in [0.3, 0.4) is 0 Å². The van der Waals surface area contributed by atoms with Crippen molar-refractivity contribution in [3.63, 3.8) is 0 Å². The molecule has 0 saturated carbocycles. The van der Waals surface area contributed by atoms with Crippen LogP contribution in [0.4, 0.5) is 0 Å². The van der Waals surface area contributed by atoms with Gasteiger partial charge in [0.2, 0.25) is 0 Å². The molecule has 0 aromatic heterocycles. The number of hydrogen-bond acceptors (Lipinski definition) is 3. The van der Waals surface area contributed by atoms with Gasteiger partial charge in [0.05, 0.1) is 11.6 Å². The number of nitriles is 3. The zero-order valence-electron chi connectivity index (χ0n) is 14.5. The van der Waals surface area contributed by atoms with Gasteiger partial charge in [-0.1, -0.05) is 54.4 Å². The molecule has 3 nitrogen and oxygen atoms in total. The van der Waals surface area contributed by atoms with Crippen LogP contribution in [0.1, 0.15) is 13.8 Å². The topological polar surface area (TPSA) is 71.4 Å². The highest BCUT2D eigenvalue weighted by Gasteiger charge is 1.97. The maximum absolute atomic E-state index is 9.44. The number of allylic oxidation sites excluding steroid dienone is 14. The Hall–Kier alpha value is -4.23. The summed E-state index contributed by atoms with van der Waals surface area (Å²) in [6, 6.07) is 5.66. The average molecular weight is 333 g/mol. The molecule has 0 atom stereocenters. The van der Waals surface area contributed by atoms with Crippen LogP contribution in [0.2, 0.25) is 0 Å². The fraction of sp³-hybridized carbons (Fsp3) is 0.0870. The van der Waals surface area contributed by atoms with Crippen molar-refractivity contribution in [1.82, 2.24) is 0 Å². The predicted octanol–water partition coefficient (Wildman–Crippen LogP) is 4.36. The first-order valence-corrected chi connectivity index (χ1v) is 7.65. The summed E-state index contributed by atoms with van der Waals surface area (Å²) in [5, 5.41) is 26.9. The molecule has 1 rings (SSSR count). The normalized spacial score (nSPS) is 21.3. The van der Waals surface area contributed by atoms with Crippen LogP contribution in [0.5, 0.6) is 0 Å². The van der Waals surface area contributed by atoms with Crippen LogP contribution in [0.25, 0.3) is 0 Å². The summed E-state index contributed by atoms with van der Waals surface area (Å²) in [5.41, 5.74) is 2.75. The molecule has 0 unspecified atom stereocenters. The third-order valence-electron chi connectivity index (χ3n) is 3.02. The maximum atomic E-state index is 9.44. The van der Waals surface area contributed by atoms with E-state index in [2.05, 4.69) is 29.8 Å². The van der Waals surface area contributed by atoms with Crippen molar-refractivity contribution >= 4 is 0 Å². The van der Waals surface area contributed by atoms with E-state index in [0.717, 1.165) is 11.1 Å². The minimum absolute atomic E-state index is 0.0289. The number of nitrogens with zero attached hydrogens (tertiary/aromatic N) is 3. The highest BCUT2D eigenvalue weighted by Crippen LogP contribution is 2.11. The van der Waals surface area contributed by atoms with Gasteiger partial charge in [-0.15, -0.1) is 0 Å². The first-order chi connectivity index (χ1) is 12.6. The van der Waals surface area contributed by atoms with E-state index in [0.29, 0.717) is 11.1 Å². The van der Waals surface area contributed by atoms with Crippen LogP contribution in [0, 0.1) is 57.7 Å². The van der Waals surface area contributed by atoms with Crippen LogP contribution in [-0.4, -0.2) is 0 Å². The molecular formula is C23H15N3. The second-order valence-corrected chi connectivity index (χ2v) is 5.06. The molecule has 26 heavy (non-hydrogen) atoms. The Labute approximate surface area is 154 Å². The first kappa shape index (κ1) is 19.8. The summed E-state index contributed by atoms with van der Waals surface area (Å²) in [5.74, 6) is 11.4. The summed E-state index contributed by atoms with van der Waals surface area (Å²) in [6.07, 6.45) is 15.3. The third-order valence-corrected chi connectivity index (χ3v) is 3.02.